The minimum absolute atomic E-state index is 0.0255. The number of hydrogen-bond donors (Lipinski definition) is 0. The van der Waals surface area contributed by atoms with Crippen molar-refractivity contribution >= 4 is 17.7 Å². The van der Waals surface area contributed by atoms with E-state index in [-0.39, 0.29) is 22.0 Å². The average molecular weight is 431 g/mol. The third-order valence-electron chi connectivity index (χ3n) is 7.31. The zero-order valence-electron chi connectivity index (χ0n) is 19.8. The number of esters is 2. The van der Waals surface area contributed by atoms with Crippen molar-refractivity contribution in [2.45, 2.75) is 79.6 Å². The molecule has 2 saturated carbocycles. The lowest BCUT2D eigenvalue weighted by Crippen LogP contribution is -2.32. The van der Waals surface area contributed by atoms with Crippen LogP contribution in [0.4, 0.5) is 0 Å². The van der Waals surface area contributed by atoms with E-state index in [1.54, 1.807) is 24.3 Å². The van der Waals surface area contributed by atoms with Crippen molar-refractivity contribution in [2.75, 3.05) is 13.2 Å². The molecule has 5 nitrogen and oxygen atoms in total. The average Bonchev–Trinajstić information content (AvgIpc) is 3.07. The second-order valence-electron chi connectivity index (χ2n) is 9.44. The van der Waals surface area contributed by atoms with Crippen LogP contribution < -0.4 is 0 Å². The molecule has 2 aliphatic carbocycles. The lowest BCUT2D eigenvalue weighted by Gasteiger charge is -2.32. The van der Waals surface area contributed by atoms with Gasteiger partial charge in [0.2, 0.25) is 0 Å². The molecule has 0 amide bonds. The fraction of sp³-hybridized carbons (Fsp3) is 0.654. The second-order valence-corrected chi connectivity index (χ2v) is 9.44. The summed E-state index contributed by atoms with van der Waals surface area (Å²) in [5, 5.41) is 0. The molecule has 2 unspecified atom stereocenters. The van der Waals surface area contributed by atoms with Gasteiger partial charge in [-0.05, 0) is 49.1 Å². The van der Waals surface area contributed by atoms with Gasteiger partial charge in [-0.15, -0.1) is 0 Å². The van der Waals surface area contributed by atoms with Crippen molar-refractivity contribution in [2.24, 2.45) is 16.7 Å². The predicted molar refractivity (Wildman–Crippen MR) is 121 cm³/mol. The van der Waals surface area contributed by atoms with Crippen LogP contribution in [0, 0.1) is 16.7 Å². The zero-order valence-corrected chi connectivity index (χ0v) is 19.8. The molecule has 3 rings (SSSR count). The molecule has 172 valence electrons. The number of fused-ring (bicyclic) bond motifs is 2. The Balaban J connectivity index is 0.000000258. The van der Waals surface area contributed by atoms with Crippen molar-refractivity contribution in [3.05, 3.63) is 35.4 Å². The van der Waals surface area contributed by atoms with Gasteiger partial charge in [0.15, 0.2) is 0 Å². The van der Waals surface area contributed by atoms with Crippen LogP contribution >= 0.6 is 0 Å². The maximum absolute atomic E-state index is 11.9. The highest BCUT2D eigenvalue weighted by molar-refractivity contribution is 6.03. The van der Waals surface area contributed by atoms with Gasteiger partial charge in [-0.25, -0.2) is 9.59 Å². The molecule has 2 aliphatic rings. The number of carbonyl (C=O) groups excluding carboxylic acids is 3. The van der Waals surface area contributed by atoms with Crippen LogP contribution in [-0.4, -0.2) is 30.9 Å². The first kappa shape index (κ1) is 25.1. The molecule has 5 heteroatoms. The maximum atomic E-state index is 11.9. The van der Waals surface area contributed by atoms with Crippen LogP contribution in [0.2, 0.25) is 0 Å². The standard InChI is InChI=1S/C16H22O4.C10H16O/c1-3-5-11-19-15(17)13-9-7-8-10-14(13)16(18)20-12-6-4-2;1-9(2)7-4-5-10(9,3)8(11)6-7/h7-10H,3-6,11-12H2,1-2H3;7H,4-6H2,1-3H3. The lowest BCUT2D eigenvalue weighted by molar-refractivity contribution is -0.128. The first-order chi connectivity index (χ1) is 14.7. The summed E-state index contributed by atoms with van der Waals surface area (Å²) in [6.45, 7) is 11.5. The van der Waals surface area contributed by atoms with Gasteiger partial charge in [-0.3, -0.25) is 4.79 Å². The molecule has 1 aromatic rings. The van der Waals surface area contributed by atoms with E-state index in [1.165, 1.54) is 6.42 Å². The van der Waals surface area contributed by atoms with Gasteiger partial charge in [0.1, 0.15) is 5.78 Å². The zero-order chi connectivity index (χ0) is 23.1. The molecule has 2 atom stereocenters. The molecule has 0 radical (unpaired) electrons. The molecule has 1 aromatic carbocycles. The maximum Gasteiger partial charge on any atom is 0.339 e. The molecule has 0 saturated heterocycles. The van der Waals surface area contributed by atoms with Crippen LogP contribution in [-0.2, 0) is 14.3 Å². The summed E-state index contributed by atoms with van der Waals surface area (Å²) in [6.07, 6.45) is 6.79. The van der Waals surface area contributed by atoms with Crippen molar-refractivity contribution in [3.63, 3.8) is 0 Å². The Labute approximate surface area is 186 Å². The van der Waals surface area contributed by atoms with Crippen molar-refractivity contribution < 1.29 is 23.9 Å². The Morgan fingerprint density at radius 3 is 1.71 bits per heavy atom. The fourth-order valence-electron chi connectivity index (χ4n) is 4.51. The number of Topliss-reactive ketones (excluding diaryl/α,β-unsaturated/α-hetero) is 1. The van der Waals surface area contributed by atoms with E-state index in [4.69, 9.17) is 9.47 Å². The molecule has 0 heterocycles. The van der Waals surface area contributed by atoms with Gasteiger partial charge in [0.05, 0.1) is 24.3 Å². The van der Waals surface area contributed by atoms with E-state index in [2.05, 4.69) is 20.8 Å². The molecule has 31 heavy (non-hydrogen) atoms. The topological polar surface area (TPSA) is 69.7 Å². The summed E-state index contributed by atoms with van der Waals surface area (Å²) < 4.78 is 10.3. The first-order valence-electron chi connectivity index (χ1n) is 11.7. The highest BCUT2D eigenvalue weighted by atomic mass is 16.5. The normalized spacial score (nSPS) is 23.1. The van der Waals surface area contributed by atoms with Crippen LogP contribution in [0.25, 0.3) is 0 Å². The third-order valence-corrected chi connectivity index (χ3v) is 7.31. The summed E-state index contributed by atoms with van der Waals surface area (Å²) >= 11 is 0. The van der Waals surface area contributed by atoms with Gasteiger partial charge in [0.25, 0.3) is 0 Å². The van der Waals surface area contributed by atoms with E-state index >= 15 is 0 Å². The van der Waals surface area contributed by atoms with Crippen LogP contribution in [0.15, 0.2) is 24.3 Å². The highest BCUT2D eigenvalue weighted by Gasteiger charge is 2.61. The third kappa shape index (κ3) is 5.55. The van der Waals surface area contributed by atoms with Crippen LogP contribution in [0.5, 0.6) is 0 Å². The number of hydrogen-bond acceptors (Lipinski definition) is 5. The SMILES string of the molecule is CC12CCC(CC1=O)C2(C)C.CCCCOC(=O)c1ccccc1C(=O)OCCCC. The molecule has 2 bridgehead atoms. The highest BCUT2D eigenvalue weighted by Crippen LogP contribution is 2.63. The monoisotopic (exact) mass is 430 g/mol. The van der Waals surface area contributed by atoms with E-state index in [9.17, 15) is 14.4 Å². The Morgan fingerprint density at radius 1 is 0.935 bits per heavy atom. The van der Waals surface area contributed by atoms with E-state index in [0.717, 1.165) is 38.5 Å². The predicted octanol–water partition coefficient (Wildman–Crippen LogP) is 6.00. The number of unbranched alkanes of at least 4 members (excludes halogenated alkanes) is 2. The van der Waals surface area contributed by atoms with E-state index < -0.39 is 11.9 Å². The molecule has 2 fully saturated rings. The lowest BCUT2D eigenvalue weighted by atomic mass is 9.70. The first-order valence-corrected chi connectivity index (χ1v) is 11.7. The Hall–Kier alpha value is -2.17. The molecule has 0 N–H and O–H groups in total. The van der Waals surface area contributed by atoms with Crippen LogP contribution in [0.1, 0.15) is 100 Å². The Bertz CT molecular complexity index is 741. The molecular weight excluding hydrogens is 392 g/mol. The minimum Gasteiger partial charge on any atom is -0.462 e. The molecular formula is C26H38O5. The van der Waals surface area contributed by atoms with Gasteiger partial charge >= 0.3 is 11.9 Å². The number of rotatable bonds is 8. The Kier molecular flexibility index (Phi) is 8.84. The number of ketones is 1. The summed E-state index contributed by atoms with van der Waals surface area (Å²) in [5.41, 5.74) is 0.845. The van der Waals surface area contributed by atoms with Crippen LogP contribution in [0.3, 0.4) is 0 Å². The second kappa shape index (κ2) is 10.9. The summed E-state index contributed by atoms with van der Waals surface area (Å²) in [5.74, 6) is 0.252. The van der Waals surface area contributed by atoms with Crippen molar-refractivity contribution in [1.29, 1.82) is 0 Å². The van der Waals surface area contributed by atoms with Gasteiger partial charge in [-0.1, -0.05) is 59.6 Å². The summed E-state index contributed by atoms with van der Waals surface area (Å²) in [4.78, 5) is 35.5. The number of benzene rings is 1. The quantitative estimate of drug-likeness (QED) is 0.373. The molecule has 0 aliphatic heterocycles. The smallest absolute Gasteiger partial charge is 0.339 e. The summed E-state index contributed by atoms with van der Waals surface area (Å²) in [6, 6.07) is 6.59. The number of carbonyl (C=O) groups is 3. The van der Waals surface area contributed by atoms with E-state index in [0.29, 0.717) is 24.9 Å². The van der Waals surface area contributed by atoms with Gasteiger partial charge in [-0.2, -0.15) is 0 Å². The molecule has 0 aromatic heterocycles. The van der Waals surface area contributed by atoms with E-state index in [1.807, 2.05) is 13.8 Å². The van der Waals surface area contributed by atoms with Crippen molar-refractivity contribution in [3.8, 4) is 0 Å². The Morgan fingerprint density at radius 2 is 1.42 bits per heavy atom. The summed E-state index contributed by atoms with van der Waals surface area (Å²) in [7, 11) is 0. The largest absolute Gasteiger partial charge is 0.462 e. The van der Waals surface area contributed by atoms with Gasteiger partial charge in [0, 0.05) is 11.8 Å². The van der Waals surface area contributed by atoms with Crippen molar-refractivity contribution in [1.82, 2.24) is 0 Å². The minimum atomic E-state index is -0.471. The van der Waals surface area contributed by atoms with Gasteiger partial charge < -0.3 is 9.47 Å². The number of ether oxygens (including phenoxy) is 2. The molecule has 0 spiro atoms. The fourth-order valence-corrected chi connectivity index (χ4v) is 4.51.